The van der Waals surface area contributed by atoms with Gasteiger partial charge in [-0.05, 0) is 34.4 Å². The topological polar surface area (TPSA) is 105 Å². The van der Waals surface area contributed by atoms with Crippen molar-refractivity contribution < 1.29 is 24.2 Å². The number of aliphatic carboxylic acids is 1. The van der Waals surface area contributed by atoms with E-state index in [1.165, 1.54) is 0 Å². The van der Waals surface area contributed by atoms with Gasteiger partial charge in [0.05, 0.1) is 0 Å². The van der Waals surface area contributed by atoms with E-state index in [1.54, 1.807) is 32.0 Å². The summed E-state index contributed by atoms with van der Waals surface area (Å²) in [4.78, 5) is 37.0. The lowest BCUT2D eigenvalue weighted by molar-refractivity contribution is -0.142. The predicted octanol–water partition coefficient (Wildman–Crippen LogP) is 3.17. The summed E-state index contributed by atoms with van der Waals surface area (Å²) in [5, 5.41) is 16.8. The van der Waals surface area contributed by atoms with Crippen LogP contribution in [0.1, 0.15) is 19.4 Å². The number of carbonyl (C=O) groups excluding carboxylic acids is 2. The van der Waals surface area contributed by atoms with E-state index < -0.39 is 29.9 Å². The maximum Gasteiger partial charge on any atom is 0.326 e. The molecule has 172 valence electrons. The smallest absolute Gasteiger partial charge is 0.326 e. The minimum atomic E-state index is -1.14. The standard InChI is InChI=1S/C26H28N2O5/c1-17(2)24(25(30)27-22(26(31)32)14-18-8-4-3-5-9-18)28-23(29)16-33-21-13-12-19-10-6-7-11-20(19)15-21/h3-13,15,17,22,24H,14,16H2,1-2H3,(H,27,30)(H,28,29)(H,31,32)/t22-,24-/m0/s1. The van der Waals surface area contributed by atoms with Crippen LogP contribution >= 0.6 is 0 Å². The third-order valence-electron chi connectivity index (χ3n) is 5.25. The molecule has 0 unspecified atom stereocenters. The molecule has 0 spiro atoms. The minimum absolute atomic E-state index is 0.145. The molecule has 3 aromatic carbocycles. The molecule has 0 fully saturated rings. The van der Waals surface area contributed by atoms with E-state index in [9.17, 15) is 19.5 Å². The van der Waals surface area contributed by atoms with Crippen molar-refractivity contribution in [1.82, 2.24) is 10.6 Å². The number of benzene rings is 3. The number of carboxylic acid groups (broad SMARTS) is 1. The average Bonchev–Trinajstić information content (AvgIpc) is 2.81. The Labute approximate surface area is 192 Å². The van der Waals surface area contributed by atoms with Gasteiger partial charge in [0.1, 0.15) is 17.8 Å². The van der Waals surface area contributed by atoms with Crippen molar-refractivity contribution in [2.24, 2.45) is 5.92 Å². The summed E-state index contributed by atoms with van der Waals surface area (Å²) < 4.78 is 5.60. The summed E-state index contributed by atoms with van der Waals surface area (Å²) in [6.07, 6.45) is 0.145. The van der Waals surface area contributed by atoms with Gasteiger partial charge in [-0.3, -0.25) is 9.59 Å². The molecule has 0 aromatic heterocycles. The predicted molar refractivity (Wildman–Crippen MR) is 126 cm³/mol. The Balaban J connectivity index is 1.59. The molecule has 7 heteroatoms. The molecule has 3 aromatic rings. The summed E-state index contributed by atoms with van der Waals surface area (Å²) in [5.74, 6) is -1.86. The van der Waals surface area contributed by atoms with Crippen LogP contribution in [0.25, 0.3) is 10.8 Å². The Morgan fingerprint density at radius 3 is 2.21 bits per heavy atom. The summed E-state index contributed by atoms with van der Waals surface area (Å²) in [5.41, 5.74) is 0.791. The van der Waals surface area contributed by atoms with Crippen LogP contribution in [-0.4, -0.2) is 41.6 Å². The van der Waals surface area contributed by atoms with E-state index in [-0.39, 0.29) is 18.9 Å². The minimum Gasteiger partial charge on any atom is -0.484 e. The number of hydrogen-bond acceptors (Lipinski definition) is 4. The first-order chi connectivity index (χ1) is 15.8. The SMILES string of the molecule is CC(C)[C@H](NC(=O)COc1ccc2ccccc2c1)C(=O)N[C@@H](Cc1ccccc1)C(=O)O. The van der Waals surface area contributed by atoms with Gasteiger partial charge in [0.25, 0.3) is 5.91 Å². The number of carbonyl (C=O) groups is 3. The zero-order valence-electron chi connectivity index (χ0n) is 18.7. The quantitative estimate of drug-likeness (QED) is 0.442. The zero-order chi connectivity index (χ0) is 23.8. The molecule has 7 nitrogen and oxygen atoms in total. The third kappa shape index (κ3) is 6.80. The Morgan fingerprint density at radius 2 is 1.55 bits per heavy atom. The van der Waals surface area contributed by atoms with Gasteiger partial charge in [0.15, 0.2) is 6.61 Å². The Kier molecular flexibility index (Phi) is 8.02. The molecule has 0 aliphatic heterocycles. The third-order valence-corrected chi connectivity index (χ3v) is 5.25. The van der Waals surface area contributed by atoms with Crippen molar-refractivity contribution in [2.45, 2.75) is 32.4 Å². The molecule has 0 aliphatic rings. The van der Waals surface area contributed by atoms with E-state index in [1.807, 2.05) is 54.6 Å². The fourth-order valence-electron chi connectivity index (χ4n) is 3.47. The second-order valence-corrected chi connectivity index (χ2v) is 8.18. The van der Waals surface area contributed by atoms with Crippen molar-refractivity contribution in [3.05, 3.63) is 78.4 Å². The molecule has 0 heterocycles. The van der Waals surface area contributed by atoms with E-state index in [2.05, 4.69) is 10.6 Å². The highest BCUT2D eigenvalue weighted by Gasteiger charge is 2.28. The number of fused-ring (bicyclic) bond motifs is 1. The highest BCUT2D eigenvalue weighted by molar-refractivity contribution is 5.91. The average molecular weight is 449 g/mol. The molecular formula is C26H28N2O5. The Bertz CT molecular complexity index is 1110. The first kappa shape index (κ1) is 23.8. The van der Waals surface area contributed by atoms with Crippen molar-refractivity contribution in [3.63, 3.8) is 0 Å². The van der Waals surface area contributed by atoms with Gasteiger partial charge in [0, 0.05) is 6.42 Å². The Morgan fingerprint density at radius 1 is 0.879 bits per heavy atom. The molecule has 0 saturated carbocycles. The molecule has 0 bridgehead atoms. The van der Waals surface area contributed by atoms with Crippen LogP contribution in [0.5, 0.6) is 5.75 Å². The van der Waals surface area contributed by atoms with Crippen LogP contribution in [0, 0.1) is 5.92 Å². The van der Waals surface area contributed by atoms with Crippen molar-refractivity contribution in [3.8, 4) is 5.75 Å². The van der Waals surface area contributed by atoms with Crippen molar-refractivity contribution >= 4 is 28.6 Å². The van der Waals surface area contributed by atoms with Gasteiger partial charge < -0.3 is 20.5 Å². The van der Waals surface area contributed by atoms with Gasteiger partial charge in [0.2, 0.25) is 5.91 Å². The first-order valence-electron chi connectivity index (χ1n) is 10.8. The number of nitrogens with one attached hydrogen (secondary N) is 2. The van der Waals surface area contributed by atoms with Gasteiger partial charge in [-0.2, -0.15) is 0 Å². The van der Waals surface area contributed by atoms with E-state index in [0.29, 0.717) is 5.75 Å². The summed E-state index contributed by atoms with van der Waals surface area (Å²) in [6.45, 7) is 3.30. The van der Waals surface area contributed by atoms with Crippen LogP contribution in [0.4, 0.5) is 0 Å². The molecular weight excluding hydrogens is 420 g/mol. The van der Waals surface area contributed by atoms with Crippen molar-refractivity contribution in [2.75, 3.05) is 6.61 Å². The maximum atomic E-state index is 12.8. The highest BCUT2D eigenvalue weighted by Crippen LogP contribution is 2.20. The van der Waals surface area contributed by atoms with E-state index >= 15 is 0 Å². The van der Waals surface area contributed by atoms with Crippen LogP contribution in [0.3, 0.4) is 0 Å². The monoisotopic (exact) mass is 448 g/mol. The molecule has 3 rings (SSSR count). The number of ether oxygens (including phenoxy) is 1. The second kappa shape index (κ2) is 11.1. The molecule has 2 amide bonds. The number of hydrogen-bond donors (Lipinski definition) is 3. The van der Waals surface area contributed by atoms with Gasteiger partial charge in [-0.15, -0.1) is 0 Å². The second-order valence-electron chi connectivity index (χ2n) is 8.18. The van der Waals surface area contributed by atoms with E-state index in [4.69, 9.17) is 4.74 Å². The number of carboxylic acids is 1. The largest absolute Gasteiger partial charge is 0.484 e. The fraction of sp³-hybridized carbons (Fsp3) is 0.269. The molecule has 0 aliphatic carbocycles. The van der Waals surface area contributed by atoms with Crippen LogP contribution in [0.2, 0.25) is 0 Å². The highest BCUT2D eigenvalue weighted by atomic mass is 16.5. The number of amides is 2. The lowest BCUT2D eigenvalue weighted by Gasteiger charge is -2.24. The molecule has 0 saturated heterocycles. The normalized spacial score (nSPS) is 12.7. The van der Waals surface area contributed by atoms with Gasteiger partial charge in [-0.25, -0.2) is 4.79 Å². The lowest BCUT2D eigenvalue weighted by atomic mass is 10.0. The van der Waals surface area contributed by atoms with Crippen molar-refractivity contribution in [1.29, 1.82) is 0 Å². The van der Waals surface area contributed by atoms with E-state index in [0.717, 1.165) is 16.3 Å². The molecule has 3 N–H and O–H groups in total. The lowest BCUT2D eigenvalue weighted by Crippen LogP contribution is -2.54. The maximum absolute atomic E-state index is 12.8. The Hall–Kier alpha value is -3.87. The zero-order valence-corrected chi connectivity index (χ0v) is 18.7. The summed E-state index contributed by atoms with van der Waals surface area (Å²) in [7, 11) is 0. The first-order valence-corrected chi connectivity index (χ1v) is 10.8. The van der Waals surface area contributed by atoms with Crippen LogP contribution < -0.4 is 15.4 Å². The van der Waals surface area contributed by atoms with Crippen LogP contribution in [-0.2, 0) is 20.8 Å². The molecule has 33 heavy (non-hydrogen) atoms. The van der Waals surface area contributed by atoms with Gasteiger partial charge >= 0.3 is 5.97 Å². The van der Waals surface area contributed by atoms with Gasteiger partial charge in [-0.1, -0.05) is 74.5 Å². The summed E-state index contributed by atoms with van der Waals surface area (Å²) in [6, 6.07) is 20.4. The number of rotatable bonds is 10. The molecule has 0 radical (unpaired) electrons. The summed E-state index contributed by atoms with van der Waals surface area (Å²) >= 11 is 0. The van der Waals surface area contributed by atoms with Crippen LogP contribution in [0.15, 0.2) is 72.8 Å². The fourth-order valence-corrected chi connectivity index (χ4v) is 3.47. The molecule has 2 atom stereocenters.